The Kier molecular flexibility index (Phi) is 6.63. The van der Waals surface area contributed by atoms with E-state index in [1.807, 2.05) is 0 Å². The van der Waals surface area contributed by atoms with Gasteiger partial charge in [0.05, 0.1) is 6.10 Å². The Morgan fingerprint density at radius 2 is 1.87 bits per heavy atom. The molecule has 2 N–H and O–H groups in total. The molecule has 3 nitrogen and oxygen atoms in total. The predicted molar refractivity (Wildman–Crippen MR) is 95.6 cm³/mol. The highest BCUT2D eigenvalue weighted by Crippen LogP contribution is 2.26. The van der Waals surface area contributed by atoms with Crippen molar-refractivity contribution in [1.82, 2.24) is 4.90 Å². The summed E-state index contributed by atoms with van der Waals surface area (Å²) in [4.78, 5) is 2.45. The maximum atomic E-state index is 10.5. The van der Waals surface area contributed by atoms with E-state index in [9.17, 15) is 10.2 Å². The number of aliphatic hydroxyl groups excluding tert-OH is 2. The standard InChI is InChI=1S/C20H33NO2/c1-20(2,3)17-9-7-16(8-10-17)19(23)11-14-21-13-5-4-6-18(21)12-15-22/h7-10,18-19,22-23H,4-6,11-15H2,1-3H3. The van der Waals surface area contributed by atoms with Crippen molar-refractivity contribution in [3.8, 4) is 0 Å². The van der Waals surface area contributed by atoms with Crippen molar-refractivity contribution in [2.24, 2.45) is 0 Å². The molecule has 1 saturated heterocycles. The third-order valence-corrected chi connectivity index (χ3v) is 5.06. The average molecular weight is 319 g/mol. The molecule has 2 rings (SSSR count). The van der Waals surface area contributed by atoms with Crippen LogP contribution in [0.15, 0.2) is 24.3 Å². The monoisotopic (exact) mass is 319 g/mol. The van der Waals surface area contributed by atoms with Gasteiger partial charge in [-0.3, -0.25) is 0 Å². The lowest BCUT2D eigenvalue weighted by Crippen LogP contribution is -2.41. The van der Waals surface area contributed by atoms with Crippen LogP contribution in [0.1, 0.15) is 70.1 Å². The van der Waals surface area contributed by atoms with Gasteiger partial charge in [0.2, 0.25) is 0 Å². The minimum atomic E-state index is -0.402. The maximum Gasteiger partial charge on any atom is 0.0802 e. The third-order valence-electron chi connectivity index (χ3n) is 5.06. The van der Waals surface area contributed by atoms with Crippen LogP contribution in [-0.2, 0) is 5.41 Å². The summed E-state index contributed by atoms with van der Waals surface area (Å²) in [5.41, 5.74) is 2.45. The van der Waals surface area contributed by atoms with Gasteiger partial charge in [-0.2, -0.15) is 0 Å². The summed E-state index contributed by atoms with van der Waals surface area (Å²) in [5.74, 6) is 0. The van der Waals surface area contributed by atoms with Crippen LogP contribution in [0.5, 0.6) is 0 Å². The summed E-state index contributed by atoms with van der Waals surface area (Å²) in [5, 5.41) is 19.7. The fourth-order valence-electron chi connectivity index (χ4n) is 3.49. The van der Waals surface area contributed by atoms with Crippen LogP contribution in [0, 0.1) is 0 Å². The van der Waals surface area contributed by atoms with Crippen LogP contribution in [-0.4, -0.2) is 40.9 Å². The van der Waals surface area contributed by atoms with Crippen molar-refractivity contribution < 1.29 is 10.2 Å². The Morgan fingerprint density at radius 1 is 1.17 bits per heavy atom. The molecule has 1 aromatic rings. The zero-order valence-corrected chi connectivity index (χ0v) is 15.0. The molecule has 0 aliphatic carbocycles. The van der Waals surface area contributed by atoms with E-state index in [2.05, 4.69) is 49.9 Å². The van der Waals surface area contributed by atoms with Gasteiger partial charge in [-0.25, -0.2) is 0 Å². The number of rotatable bonds is 6. The summed E-state index contributed by atoms with van der Waals surface area (Å²) in [7, 11) is 0. The summed E-state index contributed by atoms with van der Waals surface area (Å²) < 4.78 is 0. The SMILES string of the molecule is CC(C)(C)c1ccc(C(O)CCN2CCCCC2CCO)cc1. The van der Waals surface area contributed by atoms with Gasteiger partial charge in [0.25, 0.3) is 0 Å². The van der Waals surface area contributed by atoms with Gasteiger partial charge in [-0.15, -0.1) is 0 Å². The minimum Gasteiger partial charge on any atom is -0.396 e. The fraction of sp³-hybridized carbons (Fsp3) is 0.700. The molecule has 1 heterocycles. The molecule has 1 fully saturated rings. The lowest BCUT2D eigenvalue weighted by atomic mass is 9.86. The van der Waals surface area contributed by atoms with E-state index in [0.29, 0.717) is 6.04 Å². The molecule has 1 aromatic carbocycles. The Morgan fingerprint density at radius 3 is 2.48 bits per heavy atom. The van der Waals surface area contributed by atoms with Gasteiger partial charge < -0.3 is 15.1 Å². The number of aliphatic hydroxyl groups is 2. The molecule has 1 aliphatic heterocycles. The number of hydrogen-bond donors (Lipinski definition) is 2. The quantitative estimate of drug-likeness (QED) is 0.841. The molecule has 23 heavy (non-hydrogen) atoms. The summed E-state index contributed by atoms with van der Waals surface area (Å²) in [6.45, 7) is 8.88. The van der Waals surface area contributed by atoms with Crippen LogP contribution >= 0.6 is 0 Å². The van der Waals surface area contributed by atoms with E-state index in [0.717, 1.165) is 31.5 Å². The first-order valence-electron chi connectivity index (χ1n) is 9.05. The van der Waals surface area contributed by atoms with Crippen molar-refractivity contribution in [2.45, 2.75) is 70.4 Å². The Hall–Kier alpha value is -0.900. The molecule has 2 atom stereocenters. The number of nitrogens with zero attached hydrogens (tertiary/aromatic N) is 1. The summed E-state index contributed by atoms with van der Waals surface area (Å²) in [6.07, 6.45) is 4.89. The van der Waals surface area contributed by atoms with E-state index in [1.54, 1.807) is 0 Å². The second kappa shape index (κ2) is 8.27. The zero-order valence-electron chi connectivity index (χ0n) is 15.0. The third kappa shape index (κ3) is 5.30. The number of likely N-dealkylation sites (tertiary alicyclic amines) is 1. The molecule has 0 spiro atoms. The van der Waals surface area contributed by atoms with Crippen molar-refractivity contribution in [1.29, 1.82) is 0 Å². The molecule has 0 saturated carbocycles. The normalized spacial score (nSPS) is 21.3. The second-order valence-electron chi connectivity index (χ2n) is 7.87. The lowest BCUT2D eigenvalue weighted by Gasteiger charge is -2.36. The smallest absolute Gasteiger partial charge is 0.0802 e. The average Bonchev–Trinajstić information content (AvgIpc) is 2.53. The molecular formula is C20H33NO2. The van der Waals surface area contributed by atoms with Crippen LogP contribution in [0.4, 0.5) is 0 Å². The Balaban J connectivity index is 1.89. The van der Waals surface area contributed by atoms with E-state index in [-0.39, 0.29) is 12.0 Å². The van der Waals surface area contributed by atoms with Crippen molar-refractivity contribution >= 4 is 0 Å². The predicted octanol–water partition coefficient (Wildman–Crippen LogP) is 3.64. The highest BCUT2D eigenvalue weighted by atomic mass is 16.3. The highest BCUT2D eigenvalue weighted by molar-refractivity contribution is 5.28. The van der Waals surface area contributed by atoms with E-state index >= 15 is 0 Å². The molecule has 0 bridgehead atoms. The van der Waals surface area contributed by atoms with Crippen molar-refractivity contribution in [2.75, 3.05) is 19.7 Å². The van der Waals surface area contributed by atoms with Gasteiger partial charge in [0, 0.05) is 19.2 Å². The molecule has 130 valence electrons. The Bertz CT molecular complexity index is 462. The molecular weight excluding hydrogens is 286 g/mol. The maximum absolute atomic E-state index is 10.5. The number of piperidine rings is 1. The molecule has 0 radical (unpaired) electrons. The van der Waals surface area contributed by atoms with Crippen molar-refractivity contribution in [3.63, 3.8) is 0 Å². The second-order valence-corrected chi connectivity index (χ2v) is 7.87. The van der Waals surface area contributed by atoms with Crippen LogP contribution in [0.25, 0.3) is 0 Å². The molecule has 1 aliphatic rings. The first-order chi connectivity index (χ1) is 10.9. The van der Waals surface area contributed by atoms with Gasteiger partial charge in [0.1, 0.15) is 0 Å². The molecule has 2 unspecified atom stereocenters. The first kappa shape index (κ1) is 18.4. The lowest BCUT2D eigenvalue weighted by molar-refractivity contribution is 0.0891. The topological polar surface area (TPSA) is 43.7 Å². The van der Waals surface area contributed by atoms with Crippen LogP contribution < -0.4 is 0 Å². The van der Waals surface area contributed by atoms with Gasteiger partial charge >= 0.3 is 0 Å². The highest BCUT2D eigenvalue weighted by Gasteiger charge is 2.22. The number of hydrogen-bond acceptors (Lipinski definition) is 3. The van der Waals surface area contributed by atoms with Crippen LogP contribution in [0.3, 0.4) is 0 Å². The minimum absolute atomic E-state index is 0.148. The van der Waals surface area contributed by atoms with E-state index in [4.69, 9.17) is 0 Å². The molecule has 0 amide bonds. The summed E-state index contributed by atoms with van der Waals surface area (Å²) in [6, 6.07) is 8.88. The summed E-state index contributed by atoms with van der Waals surface area (Å²) >= 11 is 0. The molecule has 0 aromatic heterocycles. The fourth-order valence-corrected chi connectivity index (χ4v) is 3.49. The van der Waals surface area contributed by atoms with Gasteiger partial charge in [-0.05, 0) is 48.8 Å². The van der Waals surface area contributed by atoms with Crippen molar-refractivity contribution in [3.05, 3.63) is 35.4 Å². The van der Waals surface area contributed by atoms with Gasteiger partial charge in [-0.1, -0.05) is 51.5 Å². The van der Waals surface area contributed by atoms with Gasteiger partial charge in [0.15, 0.2) is 0 Å². The largest absolute Gasteiger partial charge is 0.396 e. The van der Waals surface area contributed by atoms with E-state index < -0.39 is 6.10 Å². The van der Waals surface area contributed by atoms with Crippen LogP contribution in [0.2, 0.25) is 0 Å². The van der Waals surface area contributed by atoms with E-state index in [1.165, 1.54) is 24.8 Å². The Labute approximate surface area is 141 Å². The molecule has 3 heteroatoms. The number of benzene rings is 1. The first-order valence-corrected chi connectivity index (χ1v) is 9.05. The zero-order chi connectivity index (χ0) is 16.9.